The third-order valence-electron chi connectivity index (χ3n) is 2.82. The lowest BCUT2D eigenvalue weighted by molar-refractivity contribution is 0.569. The second kappa shape index (κ2) is 4.90. The standard InChI is InChI=1S/C13H14ClNO3S/c1-9-8-12(15(2)19(3,16)17)18-13(9)10-4-6-11(14)7-5-10/h4-8H,1-3H3. The van der Waals surface area contributed by atoms with Crippen LogP contribution in [0.4, 0.5) is 5.88 Å². The Hall–Kier alpha value is -1.46. The minimum absolute atomic E-state index is 0.296. The van der Waals surface area contributed by atoms with Gasteiger partial charge in [0.25, 0.3) is 0 Å². The first-order chi connectivity index (χ1) is 8.79. The monoisotopic (exact) mass is 299 g/mol. The van der Waals surface area contributed by atoms with E-state index in [1.807, 2.05) is 19.1 Å². The van der Waals surface area contributed by atoms with E-state index in [1.54, 1.807) is 18.2 Å². The van der Waals surface area contributed by atoms with E-state index in [2.05, 4.69) is 0 Å². The molecule has 0 radical (unpaired) electrons. The third-order valence-corrected chi connectivity index (χ3v) is 4.25. The molecule has 0 aliphatic carbocycles. The van der Waals surface area contributed by atoms with Crippen molar-refractivity contribution in [2.75, 3.05) is 17.6 Å². The summed E-state index contributed by atoms with van der Waals surface area (Å²) in [6, 6.07) is 8.89. The first kappa shape index (κ1) is 14.0. The van der Waals surface area contributed by atoms with Gasteiger partial charge in [-0.2, -0.15) is 0 Å². The molecule has 4 nitrogen and oxygen atoms in total. The average Bonchev–Trinajstić information content (AvgIpc) is 2.70. The van der Waals surface area contributed by atoms with Gasteiger partial charge in [0.2, 0.25) is 15.9 Å². The van der Waals surface area contributed by atoms with E-state index in [0.717, 1.165) is 21.7 Å². The smallest absolute Gasteiger partial charge is 0.234 e. The minimum atomic E-state index is -3.33. The molecule has 2 aromatic rings. The van der Waals surface area contributed by atoms with Crippen LogP contribution in [0.5, 0.6) is 0 Å². The number of halogens is 1. The number of hydrogen-bond donors (Lipinski definition) is 0. The number of benzene rings is 1. The average molecular weight is 300 g/mol. The van der Waals surface area contributed by atoms with Gasteiger partial charge in [0.05, 0.1) is 6.26 Å². The quantitative estimate of drug-likeness (QED) is 0.873. The second-order valence-corrected chi connectivity index (χ2v) is 6.78. The Kier molecular flexibility index (Phi) is 3.60. The molecule has 0 aliphatic rings. The Morgan fingerprint density at radius 3 is 2.32 bits per heavy atom. The van der Waals surface area contributed by atoms with Crippen molar-refractivity contribution >= 4 is 27.5 Å². The topological polar surface area (TPSA) is 50.5 Å². The van der Waals surface area contributed by atoms with Crippen molar-refractivity contribution in [3.63, 3.8) is 0 Å². The highest BCUT2D eigenvalue weighted by molar-refractivity contribution is 7.92. The zero-order valence-corrected chi connectivity index (χ0v) is 12.4. The van der Waals surface area contributed by atoms with Gasteiger partial charge in [0.15, 0.2) is 0 Å². The SMILES string of the molecule is Cc1cc(N(C)S(C)(=O)=O)oc1-c1ccc(Cl)cc1. The van der Waals surface area contributed by atoms with Crippen LogP contribution in [0.2, 0.25) is 5.02 Å². The first-order valence-electron chi connectivity index (χ1n) is 5.59. The summed E-state index contributed by atoms with van der Waals surface area (Å²) >= 11 is 5.84. The van der Waals surface area contributed by atoms with Crippen molar-refractivity contribution in [3.8, 4) is 11.3 Å². The molecular formula is C13H14ClNO3S. The summed E-state index contributed by atoms with van der Waals surface area (Å²) < 4.78 is 29.7. The van der Waals surface area contributed by atoms with Crippen LogP contribution in [0.3, 0.4) is 0 Å². The Morgan fingerprint density at radius 1 is 1.21 bits per heavy atom. The molecule has 0 fully saturated rings. The molecule has 0 unspecified atom stereocenters. The van der Waals surface area contributed by atoms with Crippen LogP contribution >= 0.6 is 11.6 Å². The summed E-state index contributed by atoms with van der Waals surface area (Å²) in [6.07, 6.45) is 1.13. The fraction of sp³-hybridized carbons (Fsp3) is 0.231. The van der Waals surface area contributed by atoms with Gasteiger partial charge in [-0.1, -0.05) is 11.6 Å². The lowest BCUT2D eigenvalue weighted by Crippen LogP contribution is -2.24. The lowest BCUT2D eigenvalue weighted by atomic mass is 10.1. The maximum absolute atomic E-state index is 11.5. The summed E-state index contributed by atoms with van der Waals surface area (Å²) in [7, 11) is -1.87. The third kappa shape index (κ3) is 2.93. The summed E-state index contributed by atoms with van der Waals surface area (Å²) in [5.74, 6) is 0.937. The molecule has 1 aromatic carbocycles. The molecule has 0 bridgehead atoms. The highest BCUT2D eigenvalue weighted by Crippen LogP contribution is 2.32. The zero-order valence-electron chi connectivity index (χ0n) is 10.8. The van der Waals surface area contributed by atoms with Crippen LogP contribution in [0.25, 0.3) is 11.3 Å². The fourth-order valence-electron chi connectivity index (χ4n) is 1.67. The molecule has 1 aromatic heterocycles. The van der Waals surface area contributed by atoms with Gasteiger partial charge >= 0.3 is 0 Å². The van der Waals surface area contributed by atoms with E-state index < -0.39 is 10.0 Å². The minimum Gasteiger partial charge on any atom is -0.439 e. The molecule has 6 heteroatoms. The zero-order chi connectivity index (χ0) is 14.2. The van der Waals surface area contributed by atoms with Crippen molar-refractivity contribution in [1.82, 2.24) is 0 Å². The normalized spacial score (nSPS) is 11.6. The maximum Gasteiger partial charge on any atom is 0.234 e. The van der Waals surface area contributed by atoms with Gasteiger partial charge in [-0.25, -0.2) is 12.7 Å². The van der Waals surface area contributed by atoms with Crippen LogP contribution < -0.4 is 4.31 Å². The van der Waals surface area contributed by atoms with Gasteiger partial charge < -0.3 is 4.42 Å². The van der Waals surface area contributed by atoms with E-state index in [-0.39, 0.29) is 0 Å². The van der Waals surface area contributed by atoms with Gasteiger partial charge in [0.1, 0.15) is 5.76 Å². The molecule has 19 heavy (non-hydrogen) atoms. The van der Waals surface area contributed by atoms with Crippen LogP contribution in [-0.4, -0.2) is 21.7 Å². The van der Waals surface area contributed by atoms with E-state index in [4.69, 9.17) is 16.0 Å². The molecule has 102 valence electrons. The number of sulfonamides is 1. The van der Waals surface area contributed by atoms with E-state index in [0.29, 0.717) is 16.7 Å². The summed E-state index contributed by atoms with van der Waals surface area (Å²) in [5.41, 5.74) is 1.72. The van der Waals surface area contributed by atoms with Crippen molar-refractivity contribution in [3.05, 3.63) is 40.9 Å². The van der Waals surface area contributed by atoms with E-state index in [1.165, 1.54) is 7.05 Å². The number of rotatable bonds is 3. The molecule has 0 N–H and O–H groups in total. The number of hydrogen-bond acceptors (Lipinski definition) is 3. The van der Waals surface area contributed by atoms with Gasteiger partial charge in [-0.05, 0) is 36.8 Å². The number of aryl methyl sites for hydroxylation is 1. The molecule has 2 rings (SSSR count). The Labute approximate surface area is 117 Å². The van der Waals surface area contributed by atoms with Crippen LogP contribution in [0.1, 0.15) is 5.56 Å². The van der Waals surface area contributed by atoms with Gasteiger partial charge in [-0.15, -0.1) is 0 Å². The molecule has 1 heterocycles. The number of nitrogens with zero attached hydrogens (tertiary/aromatic N) is 1. The molecule has 0 atom stereocenters. The highest BCUT2D eigenvalue weighted by atomic mass is 35.5. The summed E-state index contributed by atoms with van der Waals surface area (Å²) in [6.45, 7) is 1.87. The van der Waals surface area contributed by atoms with Crippen LogP contribution in [0.15, 0.2) is 34.7 Å². The van der Waals surface area contributed by atoms with E-state index in [9.17, 15) is 8.42 Å². The van der Waals surface area contributed by atoms with Crippen LogP contribution in [-0.2, 0) is 10.0 Å². The predicted molar refractivity (Wildman–Crippen MR) is 77.1 cm³/mol. The fourth-order valence-corrected chi connectivity index (χ4v) is 2.21. The Bertz CT molecular complexity index is 689. The molecule has 0 saturated heterocycles. The van der Waals surface area contributed by atoms with Gasteiger partial charge in [0, 0.05) is 23.7 Å². The van der Waals surface area contributed by atoms with Crippen molar-refractivity contribution < 1.29 is 12.8 Å². The van der Waals surface area contributed by atoms with E-state index >= 15 is 0 Å². The lowest BCUT2D eigenvalue weighted by Gasteiger charge is -2.12. The maximum atomic E-state index is 11.5. The molecular weight excluding hydrogens is 286 g/mol. The van der Waals surface area contributed by atoms with Crippen molar-refractivity contribution in [2.24, 2.45) is 0 Å². The van der Waals surface area contributed by atoms with Crippen LogP contribution in [0, 0.1) is 6.92 Å². The molecule has 0 aliphatic heterocycles. The number of anilines is 1. The molecule has 0 amide bonds. The van der Waals surface area contributed by atoms with Crippen molar-refractivity contribution in [2.45, 2.75) is 6.92 Å². The van der Waals surface area contributed by atoms with Gasteiger partial charge in [-0.3, -0.25) is 0 Å². The summed E-state index contributed by atoms with van der Waals surface area (Å²) in [5, 5.41) is 0.640. The molecule has 0 spiro atoms. The number of furan rings is 1. The second-order valence-electron chi connectivity index (χ2n) is 4.33. The predicted octanol–water partition coefficient (Wildman–Crippen LogP) is 3.30. The summed E-state index contributed by atoms with van der Waals surface area (Å²) in [4.78, 5) is 0. The Balaban J connectivity index is 2.45. The highest BCUT2D eigenvalue weighted by Gasteiger charge is 2.18. The molecule has 0 saturated carbocycles. The first-order valence-corrected chi connectivity index (χ1v) is 7.82. The Morgan fingerprint density at radius 2 is 1.79 bits per heavy atom. The largest absolute Gasteiger partial charge is 0.439 e. The van der Waals surface area contributed by atoms with Crippen molar-refractivity contribution in [1.29, 1.82) is 0 Å².